The van der Waals surface area contributed by atoms with Crippen LogP contribution in [0.4, 0.5) is 0 Å². The van der Waals surface area contributed by atoms with Crippen molar-refractivity contribution in [1.29, 1.82) is 0 Å². The highest BCUT2D eigenvalue weighted by atomic mass is 127. The fraction of sp³-hybridized carbons (Fsp3) is 0.556. The minimum absolute atomic E-state index is 0. The van der Waals surface area contributed by atoms with Crippen LogP contribution in [0.2, 0.25) is 0 Å². The molecule has 1 fully saturated rings. The van der Waals surface area contributed by atoms with E-state index in [-0.39, 0.29) is 30.1 Å². The molecule has 1 aliphatic heterocycles. The van der Waals surface area contributed by atoms with Gasteiger partial charge in [-0.05, 0) is 25.0 Å². The molecular weight excluding hydrogens is 463 g/mol. The van der Waals surface area contributed by atoms with E-state index in [0.29, 0.717) is 12.5 Å². The molecule has 3 heterocycles. The van der Waals surface area contributed by atoms with Crippen molar-refractivity contribution in [1.82, 2.24) is 15.6 Å². The summed E-state index contributed by atoms with van der Waals surface area (Å²) in [5, 5.41) is 9.93. The van der Waals surface area contributed by atoms with Crippen LogP contribution in [0.5, 0.6) is 0 Å². The Morgan fingerprint density at radius 1 is 1.46 bits per heavy atom. The molecule has 0 bridgehead atoms. The molecule has 0 saturated carbocycles. The van der Waals surface area contributed by atoms with Gasteiger partial charge < -0.3 is 19.8 Å². The summed E-state index contributed by atoms with van der Waals surface area (Å²) in [6, 6.07) is 3.90. The number of halogens is 1. The summed E-state index contributed by atoms with van der Waals surface area (Å²) in [5.41, 5.74) is 0. The first-order chi connectivity index (χ1) is 12.3. The van der Waals surface area contributed by atoms with Gasteiger partial charge in [0, 0.05) is 43.6 Å². The lowest BCUT2D eigenvalue weighted by Gasteiger charge is -2.16. The Bertz CT molecular complexity index is 628. The predicted molar refractivity (Wildman–Crippen MR) is 116 cm³/mol. The Morgan fingerprint density at radius 3 is 3.08 bits per heavy atom. The molecule has 0 amide bonds. The van der Waals surface area contributed by atoms with E-state index < -0.39 is 0 Å². The molecule has 0 radical (unpaired) electrons. The minimum atomic E-state index is 0. The third kappa shape index (κ3) is 6.88. The maximum Gasteiger partial charge on any atom is 0.191 e. The number of guanidine groups is 1. The van der Waals surface area contributed by atoms with Gasteiger partial charge in [0.05, 0.1) is 23.9 Å². The van der Waals surface area contributed by atoms with Crippen molar-refractivity contribution in [2.75, 3.05) is 26.2 Å². The first-order valence-corrected chi connectivity index (χ1v) is 9.75. The number of ether oxygens (including phenoxy) is 1. The Balaban J connectivity index is 0.00000243. The second-order valence-corrected chi connectivity index (χ2v) is 7.16. The highest BCUT2D eigenvalue weighted by Gasteiger charge is 2.16. The molecule has 0 spiro atoms. The standard InChI is InChI=1S/C18H26N4O2S.HI/c1-14(17-19-8-11-25-17)12-21-18(22-13-16-5-3-10-24-16)20-7-6-15-4-2-9-23-15;/h2,4,8-9,11,14,16H,3,5-7,10,12-13H2,1H3,(H2,20,21,22);1H. The zero-order valence-electron chi connectivity index (χ0n) is 15.0. The number of furan rings is 1. The monoisotopic (exact) mass is 490 g/mol. The lowest BCUT2D eigenvalue weighted by molar-refractivity contribution is 0.114. The summed E-state index contributed by atoms with van der Waals surface area (Å²) in [6.07, 6.45) is 6.92. The summed E-state index contributed by atoms with van der Waals surface area (Å²) >= 11 is 1.68. The molecule has 1 saturated heterocycles. The number of aliphatic imine (C=N–C) groups is 1. The van der Waals surface area contributed by atoms with Crippen molar-refractivity contribution < 1.29 is 9.15 Å². The van der Waals surface area contributed by atoms with E-state index in [2.05, 4.69) is 22.5 Å². The first-order valence-electron chi connectivity index (χ1n) is 8.87. The number of rotatable bonds is 8. The average Bonchev–Trinajstić information content (AvgIpc) is 3.39. The SMILES string of the molecule is CC(CN=C(NCCc1ccco1)NCC1CCCO1)c1nccs1.I. The lowest BCUT2D eigenvalue weighted by atomic mass is 10.2. The smallest absolute Gasteiger partial charge is 0.191 e. The zero-order valence-corrected chi connectivity index (χ0v) is 18.2. The molecule has 2 unspecified atom stereocenters. The number of hydrogen-bond donors (Lipinski definition) is 2. The van der Waals surface area contributed by atoms with E-state index in [0.717, 1.165) is 55.7 Å². The van der Waals surface area contributed by atoms with E-state index in [1.165, 1.54) is 0 Å². The van der Waals surface area contributed by atoms with Gasteiger partial charge in [-0.15, -0.1) is 35.3 Å². The molecular formula is C18H27IN4O2S. The molecule has 2 atom stereocenters. The molecule has 26 heavy (non-hydrogen) atoms. The van der Waals surface area contributed by atoms with E-state index in [1.807, 2.05) is 23.7 Å². The Labute approximate surface area is 175 Å². The Morgan fingerprint density at radius 2 is 2.38 bits per heavy atom. The van der Waals surface area contributed by atoms with E-state index in [4.69, 9.17) is 14.1 Å². The minimum Gasteiger partial charge on any atom is -0.469 e. The summed E-state index contributed by atoms with van der Waals surface area (Å²) < 4.78 is 11.1. The van der Waals surface area contributed by atoms with Gasteiger partial charge in [-0.2, -0.15) is 0 Å². The molecule has 1 aliphatic rings. The summed E-state index contributed by atoms with van der Waals surface area (Å²) in [7, 11) is 0. The third-order valence-corrected chi connectivity index (χ3v) is 5.17. The van der Waals surface area contributed by atoms with Crippen LogP contribution < -0.4 is 10.6 Å². The van der Waals surface area contributed by atoms with Crippen LogP contribution in [-0.4, -0.2) is 43.3 Å². The van der Waals surface area contributed by atoms with Gasteiger partial charge in [0.1, 0.15) is 5.76 Å². The Hall–Kier alpha value is -1.13. The third-order valence-electron chi connectivity index (χ3n) is 4.16. The van der Waals surface area contributed by atoms with Crippen molar-refractivity contribution in [2.45, 2.75) is 38.2 Å². The number of aromatic nitrogens is 1. The highest BCUT2D eigenvalue weighted by molar-refractivity contribution is 14.0. The maximum atomic E-state index is 5.68. The van der Waals surface area contributed by atoms with Crippen molar-refractivity contribution in [3.05, 3.63) is 40.7 Å². The van der Waals surface area contributed by atoms with Gasteiger partial charge in [-0.1, -0.05) is 6.92 Å². The maximum absolute atomic E-state index is 5.68. The molecule has 2 aromatic heterocycles. The predicted octanol–water partition coefficient (Wildman–Crippen LogP) is 3.41. The molecule has 144 valence electrons. The second-order valence-electron chi connectivity index (χ2n) is 6.23. The van der Waals surface area contributed by atoms with Crippen LogP contribution in [0.1, 0.15) is 36.5 Å². The van der Waals surface area contributed by atoms with Crippen LogP contribution in [0.15, 0.2) is 39.4 Å². The molecule has 8 heteroatoms. The highest BCUT2D eigenvalue weighted by Crippen LogP contribution is 2.17. The van der Waals surface area contributed by atoms with Gasteiger partial charge in [-0.25, -0.2) is 4.98 Å². The quantitative estimate of drug-likeness (QED) is 0.337. The van der Waals surface area contributed by atoms with Crippen molar-refractivity contribution in [3.8, 4) is 0 Å². The van der Waals surface area contributed by atoms with Crippen LogP contribution in [-0.2, 0) is 11.2 Å². The van der Waals surface area contributed by atoms with Crippen LogP contribution in [0, 0.1) is 0 Å². The first kappa shape index (κ1) is 21.2. The van der Waals surface area contributed by atoms with E-state index >= 15 is 0 Å². The number of thiazole rings is 1. The number of nitrogens with one attached hydrogen (secondary N) is 2. The van der Waals surface area contributed by atoms with Crippen molar-refractivity contribution >= 4 is 41.3 Å². The zero-order chi connectivity index (χ0) is 17.3. The molecule has 2 N–H and O–H groups in total. The van der Waals surface area contributed by atoms with Gasteiger partial charge >= 0.3 is 0 Å². The molecule has 0 aromatic carbocycles. The van der Waals surface area contributed by atoms with Gasteiger partial charge in [0.25, 0.3) is 0 Å². The molecule has 2 aromatic rings. The fourth-order valence-corrected chi connectivity index (χ4v) is 3.42. The molecule has 3 rings (SSSR count). The Kier molecular flexibility index (Phi) is 9.41. The topological polar surface area (TPSA) is 71.7 Å². The van der Waals surface area contributed by atoms with Crippen LogP contribution in [0.3, 0.4) is 0 Å². The largest absolute Gasteiger partial charge is 0.469 e. The number of nitrogens with zero attached hydrogens (tertiary/aromatic N) is 2. The second kappa shape index (κ2) is 11.6. The summed E-state index contributed by atoms with van der Waals surface area (Å²) in [4.78, 5) is 9.11. The van der Waals surface area contributed by atoms with Gasteiger partial charge in [0.2, 0.25) is 0 Å². The van der Waals surface area contributed by atoms with Crippen molar-refractivity contribution in [3.63, 3.8) is 0 Å². The fourth-order valence-electron chi connectivity index (χ4n) is 2.73. The molecule has 6 nitrogen and oxygen atoms in total. The van der Waals surface area contributed by atoms with Crippen LogP contribution >= 0.6 is 35.3 Å². The average molecular weight is 490 g/mol. The van der Waals surface area contributed by atoms with E-state index in [9.17, 15) is 0 Å². The van der Waals surface area contributed by atoms with Gasteiger partial charge in [-0.3, -0.25) is 4.99 Å². The summed E-state index contributed by atoms with van der Waals surface area (Å²) in [5.74, 6) is 2.11. The number of hydrogen-bond acceptors (Lipinski definition) is 5. The van der Waals surface area contributed by atoms with Gasteiger partial charge in [0.15, 0.2) is 5.96 Å². The van der Waals surface area contributed by atoms with Crippen LogP contribution in [0.25, 0.3) is 0 Å². The van der Waals surface area contributed by atoms with Crippen molar-refractivity contribution in [2.24, 2.45) is 4.99 Å². The summed E-state index contributed by atoms with van der Waals surface area (Å²) in [6.45, 7) is 5.29. The lowest BCUT2D eigenvalue weighted by Crippen LogP contribution is -2.42. The molecule has 0 aliphatic carbocycles. The normalized spacial score (nSPS) is 18.3. The van der Waals surface area contributed by atoms with E-state index in [1.54, 1.807) is 17.6 Å².